The average Bonchev–Trinajstić information content (AvgIpc) is 3.61. The van der Waals surface area contributed by atoms with E-state index in [0.717, 1.165) is 45.5 Å². The lowest BCUT2D eigenvalue weighted by atomic mass is 10.0. The number of nitrogens with two attached hydrogens (primary N) is 1. The number of aromatic amines is 2. The van der Waals surface area contributed by atoms with E-state index in [4.69, 9.17) is 10.5 Å². The Hall–Kier alpha value is -4.43. The fraction of sp³-hybridized carbons (Fsp3) is 0.148. The fourth-order valence-electron chi connectivity index (χ4n) is 4.46. The van der Waals surface area contributed by atoms with Crippen molar-refractivity contribution in [2.45, 2.75) is 12.5 Å². The van der Waals surface area contributed by atoms with Gasteiger partial charge in [-0.1, -0.05) is 24.3 Å². The van der Waals surface area contributed by atoms with Crippen LogP contribution in [-0.4, -0.2) is 42.4 Å². The number of imidazole rings is 1. The molecule has 8 nitrogen and oxygen atoms in total. The maximum absolute atomic E-state index is 6.40. The molecule has 4 heterocycles. The zero-order valence-corrected chi connectivity index (χ0v) is 19.3. The van der Waals surface area contributed by atoms with Gasteiger partial charge in [-0.05, 0) is 41.8 Å². The molecule has 8 heteroatoms. The number of para-hydroxylation sites is 1. The van der Waals surface area contributed by atoms with E-state index in [9.17, 15) is 0 Å². The Labute approximate surface area is 201 Å². The first-order valence-electron chi connectivity index (χ1n) is 11.5. The Kier molecular flexibility index (Phi) is 5.27. The zero-order chi connectivity index (χ0) is 23.8. The minimum atomic E-state index is -0.138. The smallest absolute Gasteiger partial charge is 0.160 e. The molecule has 174 valence electrons. The van der Waals surface area contributed by atoms with Gasteiger partial charge in [0.1, 0.15) is 18.1 Å². The Morgan fingerprint density at radius 1 is 1.03 bits per heavy atom. The summed E-state index contributed by atoms with van der Waals surface area (Å²) in [5.41, 5.74) is 12.5. The highest BCUT2D eigenvalue weighted by Crippen LogP contribution is 2.30. The highest BCUT2D eigenvalue weighted by atomic mass is 16.5. The summed E-state index contributed by atoms with van der Waals surface area (Å²) < 4.78 is 7.99. The number of pyridine rings is 1. The van der Waals surface area contributed by atoms with Crippen molar-refractivity contribution in [2.75, 3.05) is 6.61 Å². The first kappa shape index (κ1) is 21.1. The summed E-state index contributed by atoms with van der Waals surface area (Å²) in [6.45, 7) is 0.398. The standard InChI is InChI=1S/C27H25N7O/c1-34-9-8-30-27(34)26-23-12-17(6-7-25(23)32-33-26)18-11-21(15-29-13-18)35-16-20(28)10-19-14-31-24-5-3-2-4-22(19)24/h2-9,11-15,20,31H,10,16,28H2,1H3,(H,32,33)/t20-/m0/s1. The van der Waals surface area contributed by atoms with E-state index < -0.39 is 0 Å². The molecule has 4 aromatic heterocycles. The topological polar surface area (TPSA) is 110 Å². The minimum absolute atomic E-state index is 0.138. The highest BCUT2D eigenvalue weighted by molar-refractivity contribution is 5.94. The molecule has 0 amide bonds. The number of hydrogen-bond acceptors (Lipinski definition) is 5. The summed E-state index contributed by atoms with van der Waals surface area (Å²) in [6.07, 6.45) is 9.99. The van der Waals surface area contributed by atoms with E-state index >= 15 is 0 Å². The second kappa shape index (κ2) is 8.73. The lowest BCUT2D eigenvalue weighted by Gasteiger charge is -2.13. The monoisotopic (exact) mass is 463 g/mol. The average molecular weight is 464 g/mol. The lowest BCUT2D eigenvalue weighted by Crippen LogP contribution is -2.30. The Morgan fingerprint density at radius 2 is 1.94 bits per heavy atom. The first-order valence-corrected chi connectivity index (χ1v) is 11.5. The number of benzene rings is 2. The molecule has 0 aliphatic rings. The number of aryl methyl sites for hydroxylation is 1. The van der Waals surface area contributed by atoms with Gasteiger partial charge in [-0.15, -0.1) is 0 Å². The van der Waals surface area contributed by atoms with E-state index in [-0.39, 0.29) is 6.04 Å². The number of nitrogens with one attached hydrogen (secondary N) is 2. The number of hydrogen-bond donors (Lipinski definition) is 3. The van der Waals surface area contributed by atoms with Gasteiger partial charge in [0.25, 0.3) is 0 Å². The molecule has 0 fully saturated rings. The first-order chi connectivity index (χ1) is 17.2. The van der Waals surface area contributed by atoms with Crippen LogP contribution in [0, 0.1) is 0 Å². The predicted octanol–water partition coefficient (Wildman–Crippen LogP) is 4.46. The third kappa shape index (κ3) is 4.04. The van der Waals surface area contributed by atoms with Crippen LogP contribution in [0.3, 0.4) is 0 Å². The SMILES string of the molecule is Cn1ccnc1-c1n[nH]c2ccc(-c3cncc(OC[C@@H](N)Cc4c[nH]c5ccccc45)c3)cc12. The molecule has 0 unspecified atom stereocenters. The molecule has 0 saturated carbocycles. The molecule has 2 aromatic carbocycles. The van der Waals surface area contributed by atoms with Crippen LogP contribution in [0.15, 0.2) is 79.5 Å². The number of ether oxygens (including phenoxy) is 1. The van der Waals surface area contributed by atoms with Crippen molar-refractivity contribution < 1.29 is 4.74 Å². The van der Waals surface area contributed by atoms with Crippen LogP contribution in [-0.2, 0) is 13.5 Å². The summed E-state index contributed by atoms with van der Waals surface area (Å²) in [4.78, 5) is 12.1. The second-order valence-corrected chi connectivity index (χ2v) is 8.74. The fourth-order valence-corrected chi connectivity index (χ4v) is 4.46. The molecule has 6 aromatic rings. The van der Waals surface area contributed by atoms with Crippen LogP contribution in [0.2, 0.25) is 0 Å². The van der Waals surface area contributed by atoms with Crippen LogP contribution < -0.4 is 10.5 Å². The predicted molar refractivity (Wildman–Crippen MR) is 137 cm³/mol. The number of nitrogens with zero attached hydrogens (tertiary/aromatic N) is 4. The van der Waals surface area contributed by atoms with E-state index in [1.165, 1.54) is 10.9 Å². The van der Waals surface area contributed by atoms with Crippen LogP contribution in [0.25, 0.3) is 44.5 Å². The quantitative estimate of drug-likeness (QED) is 0.324. The van der Waals surface area contributed by atoms with Crippen LogP contribution in [0.4, 0.5) is 0 Å². The summed E-state index contributed by atoms with van der Waals surface area (Å²) in [7, 11) is 1.96. The van der Waals surface area contributed by atoms with Crippen LogP contribution >= 0.6 is 0 Å². The molecule has 35 heavy (non-hydrogen) atoms. The molecule has 4 N–H and O–H groups in total. The van der Waals surface area contributed by atoms with Gasteiger partial charge >= 0.3 is 0 Å². The molecule has 0 aliphatic heterocycles. The van der Waals surface area contributed by atoms with E-state index in [1.807, 2.05) is 60.5 Å². The van der Waals surface area contributed by atoms with Gasteiger partial charge in [0, 0.05) is 59.7 Å². The highest BCUT2D eigenvalue weighted by Gasteiger charge is 2.14. The molecule has 0 aliphatic carbocycles. The maximum atomic E-state index is 6.40. The van der Waals surface area contributed by atoms with Crippen LogP contribution in [0.5, 0.6) is 5.75 Å². The molecule has 1 atom stereocenters. The van der Waals surface area contributed by atoms with E-state index in [2.05, 4.69) is 43.3 Å². The molecule has 6 rings (SSSR count). The largest absolute Gasteiger partial charge is 0.490 e. The summed E-state index contributed by atoms with van der Waals surface area (Å²) >= 11 is 0. The molecule has 0 radical (unpaired) electrons. The summed E-state index contributed by atoms with van der Waals surface area (Å²) in [5, 5.41) is 9.78. The van der Waals surface area contributed by atoms with E-state index in [1.54, 1.807) is 12.4 Å². The van der Waals surface area contributed by atoms with Gasteiger partial charge in [-0.3, -0.25) is 10.1 Å². The number of aromatic nitrogens is 6. The van der Waals surface area contributed by atoms with Crippen molar-refractivity contribution in [1.82, 2.24) is 29.7 Å². The van der Waals surface area contributed by atoms with Gasteiger partial charge in [0.15, 0.2) is 5.82 Å². The van der Waals surface area contributed by atoms with Crippen molar-refractivity contribution >= 4 is 21.8 Å². The van der Waals surface area contributed by atoms with Crippen molar-refractivity contribution in [3.05, 3.63) is 85.1 Å². The van der Waals surface area contributed by atoms with Crippen molar-refractivity contribution in [3.8, 4) is 28.4 Å². The molecule has 0 bridgehead atoms. The summed E-state index contributed by atoms with van der Waals surface area (Å²) in [6, 6.07) is 16.3. The van der Waals surface area contributed by atoms with Crippen molar-refractivity contribution in [3.63, 3.8) is 0 Å². The maximum Gasteiger partial charge on any atom is 0.160 e. The minimum Gasteiger partial charge on any atom is -0.490 e. The lowest BCUT2D eigenvalue weighted by molar-refractivity contribution is 0.287. The van der Waals surface area contributed by atoms with Crippen molar-refractivity contribution in [1.29, 1.82) is 0 Å². The third-order valence-corrected chi connectivity index (χ3v) is 6.26. The third-order valence-electron chi connectivity index (χ3n) is 6.26. The Balaban J connectivity index is 1.20. The van der Waals surface area contributed by atoms with Gasteiger partial charge in [0.2, 0.25) is 0 Å². The number of H-pyrrole nitrogens is 2. The number of rotatable bonds is 7. The second-order valence-electron chi connectivity index (χ2n) is 8.74. The normalized spacial score (nSPS) is 12.4. The van der Waals surface area contributed by atoms with Crippen LogP contribution in [0.1, 0.15) is 5.56 Å². The van der Waals surface area contributed by atoms with E-state index in [0.29, 0.717) is 12.4 Å². The molecular weight excluding hydrogens is 438 g/mol. The Bertz CT molecular complexity index is 1630. The summed E-state index contributed by atoms with van der Waals surface area (Å²) in [5.74, 6) is 1.50. The Morgan fingerprint density at radius 3 is 2.83 bits per heavy atom. The number of fused-ring (bicyclic) bond motifs is 2. The zero-order valence-electron chi connectivity index (χ0n) is 19.3. The molecule has 0 spiro atoms. The molecule has 0 saturated heterocycles. The van der Waals surface area contributed by atoms with Gasteiger partial charge in [-0.2, -0.15) is 5.10 Å². The van der Waals surface area contributed by atoms with Gasteiger partial charge in [-0.25, -0.2) is 4.98 Å². The molecular formula is C27H25N7O. The van der Waals surface area contributed by atoms with Gasteiger partial charge in [0.05, 0.1) is 11.7 Å². The van der Waals surface area contributed by atoms with Crippen molar-refractivity contribution in [2.24, 2.45) is 12.8 Å². The van der Waals surface area contributed by atoms with Gasteiger partial charge < -0.3 is 20.0 Å².